The van der Waals surface area contributed by atoms with Gasteiger partial charge in [0.15, 0.2) is 10.9 Å². The van der Waals surface area contributed by atoms with Gasteiger partial charge in [-0.25, -0.2) is 13.8 Å². The summed E-state index contributed by atoms with van der Waals surface area (Å²) in [5, 5.41) is 4.03. The standard InChI is InChI=1S/C34H41N3O6S/c1-7-9-19-37-29-18-14-12-16-27(29)34(4,5)31(37)26(32(38)41-6)22-23(3)21-25-30(35-43-33(25)39)24-15-11-13-17-28(24)36-44(40)42-20-10-8-2/h11-18,21-22,44H,7-10,19-20H2,1-6H3/b23-22+,25-21-,31-26-. The van der Waals surface area contributed by atoms with Crippen LogP contribution in [0.3, 0.4) is 0 Å². The quantitative estimate of drug-likeness (QED) is 0.0908. The average Bonchev–Trinajstić information content (AvgIpc) is 3.47. The molecule has 44 heavy (non-hydrogen) atoms. The van der Waals surface area contributed by atoms with E-state index < -0.39 is 28.2 Å². The van der Waals surface area contributed by atoms with Crippen LogP contribution < -0.4 is 4.90 Å². The SMILES string of the molecule is CCCCO[SH](=O)=Nc1ccccc1C1=NOC(=O)\C1=C/C(C)=C/C(C(=O)OC)=C1/N(CCCC)c2ccccc2C1(C)C. The van der Waals surface area contributed by atoms with Crippen LogP contribution in [-0.2, 0) is 39.6 Å². The highest BCUT2D eigenvalue weighted by molar-refractivity contribution is 7.69. The summed E-state index contributed by atoms with van der Waals surface area (Å²) in [6.45, 7) is 11.3. The Morgan fingerprint density at radius 1 is 1.09 bits per heavy atom. The predicted molar refractivity (Wildman–Crippen MR) is 174 cm³/mol. The zero-order valence-corrected chi connectivity index (χ0v) is 27.1. The summed E-state index contributed by atoms with van der Waals surface area (Å²) in [5.41, 5.74) is 4.86. The molecule has 0 amide bonds. The van der Waals surface area contributed by atoms with Gasteiger partial charge in [0.25, 0.3) is 0 Å². The fourth-order valence-electron chi connectivity index (χ4n) is 5.45. The highest BCUT2D eigenvalue weighted by Crippen LogP contribution is 2.49. The van der Waals surface area contributed by atoms with Gasteiger partial charge in [0, 0.05) is 28.9 Å². The minimum atomic E-state index is -2.30. The molecule has 1 atom stereocenters. The van der Waals surface area contributed by atoms with Crippen LogP contribution in [0.15, 0.2) is 92.6 Å². The lowest BCUT2D eigenvalue weighted by molar-refractivity contribution is -0.137. The third-order valence-electron chi connectivity index (χ3n) is 7.61. The van der Waals surface area contributed by atoms with Gasteiger partial charge in [0.1, 0.15) is 5.71 Å². The molecule has 2 aromatic rings. The van der Waals surface area contributed by atoms with Crippen molar-refractivity contribution >= 4 is 39.9 Å². The van der Waals surface area contributed by atoms with Crippen LogP contribution in [0.4, 0.5) is 11.4 Å². The molecular weight excluding hydrogens is 578 g/mol. The predicted octanol–water partition coefficient (Wildman–Crippen LogP) is 6.87. The zero-order chi connectivity index (χ0) is 31.9. The van der Waals surface area contributed by atoms with E-state index in [4.69, 9.17) is 13.8 Å². The van der Waals surface area contributed by atoms with Gasteiger partial charge < -0.3 is 14.5 Å². The Morgan fingerprint density at radius 2 is 1.80 bits per heavy atom. The van der Waals surface area contributed by atoms with Crippen LogP contribution in [0.1, 0.15) is 71.4 Å². The molecule has 0 N–H and O–H groups in total. The highest BCUT2D eigenvalue weighted by Gasteiger charge is 2.42. The Hall–Kier alpha value is -4.02. The van der Waals surface area contributed by atoms with Crippen molar-refractivity contribution in [2.24, 2.45) is 9.52 Å². The van der Waals surface area contributed by atoms with Gasteiger partial charge in [-0.3, -0.25) is 4.18 Å². The molecule has 1 unspecified atom stereocenters. The van der Waals surface area contributed by atoms with Gasteiger partial charge in [-0.15, -0.1) is 0 Å². The molecule has 0 bridgehead atoms. The number of ether oxygens (including phenoxy) is 1. The van der Waals surface area contributed by atoms with Crippen molar-refractivity contribution in [3.63, 3.8) is 0 Å². The number of benzene rings is 2. The number of unbranched alkanes of at least 4 members (excludes halogenated alkanes) is 2. The number of oxime groups is 1. The number of carbonyl (C=O) groups excluding carboxylic acids is 2. The lowest BCUT2D eigenvalue weighted by Gasteiger charge is -2.29. The molecular formula is C34H41N3O6S. The average molecular weight is 620 g/mol. The number of nitrogens with zero attached hydrogens (tertiary/aromatic N) is 3. The van der Waals surface area contributed by atoms with E-state index in [9.17, 15) is 13.8 Å². The van der Waals surface area contributed by atoms with Gasteiger partial charge in [0.2, 0.25) is 0 Å². The highest BCUT2D eigenvalue weighted by atomic mass is 32.2. The smallest absolute Gasteiger partial charge is 0.368 e. The van der Waals surface area contributed by atoms with Crippen molar-refractivity contribution in [3.8, 4) is 0 Å². The summed E-state index contributed by atoms with van der Waals surface area (Å²) < 4.78 is 27.4. The Morgan fingerprint density at radius 3 is 2.52 bits per heavy atom. The molecule has 2 aliphatic heterocycles. The van der Waals surface area contributed by atoms with E-state index in [1.807, 2.05) is 19.1 Å². The maximum atomic E-state index is 13.4. The third-order valence-corrected chi connectivity index (χ3v) is 8.40. The first-order valence-electron chi connectivity index (χ1n) is 14.9. The second-order valence-corrected chi connectivity index (χ2v) is 12.1. The van der Waals surface area contributed by atoms with E-state index in [1.54, 1.807) is 43.3 Å². The minimum Gasteiger partial charge on any atom is -0.465 e. The zero-order valence-electron chi connectivity index (χ0n) is 26.3. The first-order valence-corrected chi connectivity index (χ1v) is 16.1. The molecule has 0 fully saturated rings. The van der Waals surface area contributed by atoms with Crippen LogP contribution in [0.25, 0.3) is 0 Å². The molecule has 4 rings (SSSR count). The number of hydrogen-bond acceptors (Lipinski definition) is 9. The molecule has 0 aromatic heterocycles. The number of rotatable bonds is 12. The molecule has 2 aliphatic rings. The number of allylic oxidation sites excluding steroid dienone is 3. The first kappa shape index (κ1) is 32.9. The maximum Gasteiger partial charge on any atom is 0.368 e. The Kier molecular flexibility index (Phi) is 10.9. The molecule has 0 aliphatic carbocycles. The van der Waals surface area contributed by atoms with Gasteiger partial charge in [-0.05, 0) is 55.2 Å². The van der Waals surface area contributed by atoms with E-state index >= 15 is 0 Å². The minimum absolute atomic E-state index is 0.189. The van der Waals surface area contributed by atoms with Crippen molar-refractivity contribution in [1.29, 1.82) is 0 Å². The number of esters is 1. The fraction of sp³-hybridized carbons (Fsp3) is 0.382. The maximum absolute atomic E-state index is 13.4. The molecule has 234 valence electrons. The molecule has 0 radical (unpaired) electrons. The molecule has 2 aromatic carbocycles. The van der Waals surface area contributed by atoms with E-state index in [-0.39, 0.29) is 11.3 Å². The van der Waals surface area contributed by atoms with E-state index in [2.05, 4.69) is 47.3 Å². The largest absolute Gasteiger partial charge is 0.465 e. The summed E-state index contributed by atoms with van der Waals surface area (Å²) in [6, 6.07) is 15.1. The Balaban J connectivity index is 1.79. The number of methoxy groups -OCH3 is 1. The number of anilines is 1. The number of fused-ring (bicyclic) bond motifs is 1. The van der Waals surface area contributed by atoms with Crippen LogP contribution >= 0.6 is 0 Å². The summed E-state index contributed by atoms with van der Waals surface area (Å²) in [6.07, 6.45) is 7.01. The van der Waals surface area contributed by atoms with E-state index in [0.717, 1.165) is 49.2 Å². The molecule has 0 saturated carbocycles. The number of para-hydroxylation sites is 2. The number of hydrogen-bond donors (Lipinski definition) is 1. The van der Waals surface area contributed by atoms with E-state index in [1.165, 1.54) is 7.11 Å². The summed E-state index contributed by atoms with van der Waals surface area (Å²) in [4.78, 5) is 33.6. The summed E-state index contributed by atoms with van der Waals surface area (Å²) in [5.74, 6) is -1.12. The molecule has 10 heteroatoms. The van der Waals surface area contributed by atoms with Crippen molar-refractivity contribution < 1.29 is 27.6 Å². The second-order valence-electron chi connectivity index (χ2n) is 11.2. The van der Waals surface area contributed by atoms with Crippen LogP contribution in [0.5, 0.6) is 0 Å². The second kappa shape index (κ2) is 14.6. The van der Waals surface area contributed by atoms with Crippen molar-refractivity contribution in [2.45, 2.75) is 65.7 Å². The topological polar surface area (TPSA) is 107 Å². The monoisotopic (exact) mass is 619 g/mol. The van der Waals surface area contributed by atoms with Crippen LogP contribution in [0, 0.1) is 0 Å². The lowest BCUT2D eigenvalue weighted by atomic mass is 9.81. The summed E-state index contributed by atoms with van der Waals surface area (Å²) >= 11 is 0. The molecule has 9 nitrogen and oxygen atoms in total. The number of thiol groups is 1. The Bertz CT molecular complexity index is 1630. The normalized spacial score (nSPS) is 18.7. The van der Waals surface area contributed by atoms with Gasteiger partial charge >= 0.3 is 11.9 Å². The number of carbonyl (C=O) groups is 2. The van der Waals surface area contributed by atoms with E-state index in [0.29, 0.717) is 29.0 Å². The van der Waals surface area contributed by atoms with Crippen molar-refractivity contribution in [2.75, 3.05) is 25.2 Å². The first-order chi connectivity index (χ1) is 21.1. The molecule has 2 heterocycles. The lowest BCUT2D eigenvalue weighted by Crippen LogP contribution is -2.30. The van der Waals surface area contributed by atoms with Crippen LogP contribution in [-0.4, -0.2) is 42.1 Å². The van der Waals surface area contributed by atoms with Crippen molar-refractivity contribution in [1.82, 2.24) is 0 Å². The molecule has 0 spiro atoms. The van der Waals surface area contributed by atoms with Crippen LogP contribution in [0.2, 0.25) is 0 Å². The van der Waals surface area contributed by atoms with Gasteiger partial charge in [-0.2, -0.15) is 4.36 Å². The Labute approximate surface area is 261 Å². The van der Waals surface area contributed by atoms with Gasteiger partial charge in [0.05, 0.1) is 30.6 Å². The summed E-state index contributed by atoms with van der Waals surface area (Å²) in [7, 11) is -0.937. The fourth-order valence-corrected chi connectivity index (χ4v) is 6.15. The van der Waals surface area contributed by atoms with Crippen molar-refractivity contribution in [3.05, 3.63) is 94.2 Å². The van der Waals surface area contributed by atoms with Gasteiger partial charge in [-0.1, -0.05) is 82.1 Å². The molecule has 0 saturated heterocycles. The third kappa shape index (κ3) is 7.03.